The monoisotopic (exact) mass is 436 g/mol. The standard InChI is InChI=1S/C24H28N4O4/c1-24(2,31)14-22(29)28-11-8-20(16-28)32-19-5-3-18(4-6-19)23(30)26-15-17-7-10-27-12-9-25-21(27)13-17/h3-7,9-10,12-13,20,31H,8,11,14-16H2,1-2H3,(H,26,30). The highest BCUT2D eigenvalue weighted by Gasteiger charge is 2.30. The summed E-state index contributed by atoms with van der Waals surface area (Å²) in [5.41, 5.74) is 1.35. The molecule has 2 aromatic heterocycles. The molecule has 1 fully saturated rings. The summed E-state index contributed by atoms with van der Waals surface area (Å²) >= 11 is 0. The first-order valence-corrected chi connectivity index (χ1v) is 10.7. The number of fused-ring (bicyclic) bond motifs is 1. The molecule has 0 aliphatic carbocycles. The molecular weight excluding hydrogens is 408 g/mol. The largest absolute Gasteiger partial charge is 0.489 e. The number of pyridine rings is 1. The van der Waals surface area contributed by atoms with Crippen molar-refractivity contribution < 1.29 is 19.4 Å². The Bertz CT molecular complexity index is 1100. The molecule has 1 aromatic carbocycles. The smallest absolute Gasteiger partial charge is 0.251 e. The lowest BCUT2D eigenvalue weighted by Crippen LogP contribution is -2.36. The van der Waals surface area contributed by atoms with Gasteiger partial charge in [0.25, 0.3) is 5.91 Å². The molecule has 3 aromatic rings. The molecule has 0 spiro atoms. The minimum Gasteiger partial charge on any atom is -0.489 e. The number of rotatable bonds is 7. The lowest BCUT2D eigenvalue weighted by atomic mass is 10.1. The molecule has 3 heterocycles. The van der Waals surface area contributed by atoms with E-state index in [1.54, 1.807) is 49.2 Å². The molecule has 2 N–H and O–H groups in total. The summed E-state index contributed by atoms with van der Waals surface area (Å²) < 4.78 is 7.90. The zero-order chi connectivity index (χ0) is 22.7. The molecule has 1 saturated heterocycles. The Morgan fingerprint density at radius 2 is 2.00 bits per heavy atom. The summed E-state index contributed by atoms with van der Waals surface area (Å²) in [4.78, 5) is 30.7. The van der Waals surface area contributed by atoms with E-state index in [0.717, 1.165) is 17.6 Å². The van der Waals surface area contributed by atoms with E-state index in [-0.39, 0.29) is 24.3 Å². The van der Waals surface area contributed by atoms with Gasteiger partial charge in [-0.25, -0.2) is 4.98 Å². The van der Waals surface area contributed by atoms with Gasteiger partial charge in [0, 0.05) is 43.7 Å². The molecule has 1 unspecified atom stereocenters. The first-order valence-electron chi connectivity index (χ1n) is 10.7. The third kappa shape index (κ3) is 5.45. The number of imidazole rings is 1. The topological polar surface area (TPSA) is 96.2 Å². The van der Waals surface area contributed by atoms with Crippen LogP contribution in [0.1, 0.15) is 42.6 Å². The Morgan fingerprint density at radius 1 is 1.22 bits per heavy atom. The molecular formula is C24H28N4O4. The van der Waals surface area contributed by atoms with Crippen LogP contribution in [0.2, 0.25) is 0 Å². The maximum absolute atomic E-state index is 12.5. The van der Waals surface area contributed by atoms with Gasteiger partial charge in [-0.3, -0.25) is 9.59 Å². The number of carbonyl (C=O) groups is 2. The predicted molar refractivity (Wildman–Crippen MR) is 119 cm³/mol. The van der Waals surface area contributed by atoms with E-state index >= 15 is 0 Å². The molecule has 1 atom stereocenters. The third-order valence-electron chi connectivity index (χ3n) is 5.42. The minimum atomic E-state index is -1.02. The van der Waals surface area contributed by atoms with Crippen LogP contribution in [0, 0.1) is 0 Å². The van der Waals surface area contributed by atoms with Crippen molar-refractivity contribution in [3.05, 3.63) is 66.1 Å². The Kier molecular flexibility index (Phi) is 6.14. The molecule has 1 aliphatic heterocycles. The van der Waals surface area contributed by atoms with Gasteiger partial charge in [0.15, 0.2) is 0 Å². The Morgan fingerprint density at radius 3 is 2.75 bits per heavy atom. The summed E-state index contributed by atoms with van der Waals surface area (Å²) in [6.07, 6.45) is 6.26. The van der Waals surface area contributed by atoms with Crippen LogP contribution in [0.25, 0.3) is 5.65 Å². The summed E-state index contributed by atoms with van der Waals surface area (Å²) in [6, 6.07) is 10.9. The highest BCUT2D eigenvalue weighted by Crippen LogP contribution is 2.21. The molecule has 168 valence electrons. The van der Waals surface area contributed by atoms with Crippen LogP contribution in [0.15, 0.2) is 55.0 Å². The molecule has 8 nitrogen and oxygen atoms in total. The number of hydrogen-bond acceptors (Lipinski definition) is 5. The molecule has 4 rings (SSSR count). The quantitative estimate of drug-likeness (QED) is 0.593. The van der Waals surface area contributed by atoms with Crippen LogP contribution < -0.4 is 10.1 Å². The van der Waals surface area contributed by atoms with Crippen molar-refractivity contribution in [2.75, 3.05) is 13.1 Å². The van der Waals surface area contributed by atoms with E-state index in [4.69, 9.17) is 4.74 Å². The molecule has 0 bridgehead atoms. The fourth-order valence-electron chi connectivity index (χ4n) is 3.76. The van der Waals surface area contributed by atoms with Crippen molar-refractivity contribution in [3.63, 3.8) is 0 Å². The lowest BCUT2D eigenvalue weighted by Gasteiger charge is -2.22. The Balaban J connectivity index is 1.27. The van der Waals surface area contributed by atoms with Gasteiger partial charge in [-0.2, -0.15) is 0 Å². The van der Waals surface area contributed by atoms with Gasteiger partial charge in [0.2, 0.25) is 5.91 Å². The number of amides is 2. The van der Waals surface area contributed by atoms with E-state index in [9.17, 15) is 14.7 Å². The fraction of sp³-hybridized carbons (Fsp3) is 0.375. The molecule has 8 heteroatoms. The maximum Gasteiger partial charge on any atom is 0.251 e. The summed E-state index contributed by atoms with van der Waals surface area (Å²) in [6.45, 7) is 4.79. The molecule has 0 saturated carbocycles. The average molecular weight is 437 g/mol. The first kappa shape index (κ1) is 21.8. The van der Waals surface area contributed by atoms with Gasteiger partial charge < -0.3 is 24.5 Å². The number of benzene rings is 1. The van der Waals surface area contributed by atoms with Crippen LogP contribution in [0.4, 0.5) is 0 Å². The van der Waals surface area contributed by atoms with Crippen LogP contribution >= 0.6 is 0 Å². The van der Waals surface area contributed by atoms with Crippen molar-refractivity contribution >= 4 is 17.5 Å². The van der Waals surface area contributed by atoms with Gasteiger partial charge in [-0.15, -0.1) is 0 Å². The van der Waals surface area contributed by atoms with E-state index < -0.39 is 5.60 Å². The van der Waals surface area contributed by atoms with Gasteiger partial charge in [-0.1, -0.05) is 0 Å². The second kappa shape index (κ2) is 9.00. The molecule has 32 heavy (non-hydrogen) atoms. The SMILES string of the molecule is CC(C)(O)CC(=O)N1CCC(Oc2ccc(C(=O)NCc3ccn4ccnc4c3)cc2)C1. The van der Waals surface area contributed by atoms with Crippen molar-refractivity contribution in [1.29, 1.82) is 0 Å². The summed E-state index contributed by atoms with van der Waals surface area (Å²) in [5, 5.41) is 12.8. The third-order valence-corrected chi connectivity index (χ3v) is 5.42. The van der Waals surface area contributed by atoms with Gasteiger partial charge in [0.05, 0.1) is 18.6 Å². The zero-order valence-corrected chi connectivity index (χ0v) is 18.3. The molecule has 0 radical (unpaired) electrons. The van der Waals surface area contributed by atoms with E-state index in [2.05, 4.69) is 10.3 Å². The highest BCUT2D eigenvalue weighted by molar-refractivity contribution is 5.94. The fourth-order valence-corrected chi connectivity index (χ4v) is 3.76. The zero-order valence-electron chi connectivity index (χ0n) is 18.3. The van der Waals surface area contributed by atoms with E-state index in [0.29, 0.717) is 30.9 Å². The Hall–Kier alpha value is -3.39. The number of ether oxygens (including phenoxy) is 1. The number of aliphatic hydroxyl groups is 1. The number of nitrogens with zero attached hydrogens (tertiary/aromatic N) is 3. The Labute approximate surface area is 186 Å². The van der Waals surface area contributed by atoms with Gasteiger partial charge in [0.1, 0.15) is 17.5 Å². The van der Waals surface area contributed by atoms with Crippen molar-refractivity contribution in [1.82, 2.24) is 19.6 Å². The van der Waals surface area contributed by atoms with Crippen LogP contribution in [0.5, 0.6) is 5.75 Å². The van der Waals surface area contributed by atoms with Crippen LogP contribution in [-0.4, -0.2) is 56.0 Å². The van der Waals surface area contributed by atoms with Crippen LogP contribution in [-0.2, 0) is 11.3 Å². The maximum atomic E-state index is 12.5. The second-order valence-corrected chi connectivity index (χ2v) is 8.79. The van der Waals surface area contributed by atoms with E-state index in [1.807, 2.05) is 28.9 Å². The van der Waals surface area contributed by atoms with Crippen molar-refractivity contribution in [3.8, 4) is 5.75 Å². The summed E-state index contributed by atoms with van der Waals surface area (Å²) in [5.74, 6) is 0.430. The minimum absolute atomic E-state index is 0.0671. The van der Waals surface area contributed by atoms with Crippen molar-refractivity contribution in [2.24, 2.45) is 0 Å². The molecule has 2 amide bonds. The van der Waals surface area contributed by atoms with Crippen molar-refractivity contribution in [2.45, 2.75) is 44.9 Å². The number of carbonyl (C=O) groups excluding carboxylic acids is 2. The van der Waals surface area contributed by atoms with Gasteiger partial charge in [-0.05, 0) is 55.8 Å². The number of likely N-dealkylation sites (tertiary alicyclic amines) is 1. The molecule has 1 aliphatic rings. The second-order valence-electron chi connectivity index (χ2n) is 8.79. The van der Waals surface area contributed by atoms with E-state index in [1.165, 1.54) is 0 Å². The van der Waals surface area contributed by atoms with Gasteiger partial charge >= 0.3 is 0 Å². The predicted octanol–water partition coefficient (Wildman–Crippen LogP) is 2.41. The highest BCUT2D eigenvalue weighted by atomic mass is 16.5. The number of aromatic nitrogens is 2. The number of nitrogens with one attached hydrogen (secondary N) is 1. The van der Waals surface area contributed by atoms with Crippen LogP contribution in [0.3, 0.4) is 0 Å². The number of hydrogen-bond donors (Lipinski definition) is 2. The first-order chi connectivity index (χ1) is 15.3. The normalized spacial score (nSPS) is 16.3. The lowest BCUT2D eigenvalue weighted by molar-refractivity contribution is -0.134. The summed E-state index contributed by atoms with van der Waals surface area (Å²) in [7, 11) is 0. The average Bonchev–Trinajstić information content (AvgIpc) is 3.40.